The zero-order valence-electron chi connectivity index (χ0n) is 15.1. The number of amides is 1. The van der Waals surface area contributed by atoms with Crippen LogP contribution in [0.5, 0.6) is 5.75 Å². The number of rotatable bonds is 5. The minimum Gasteiger partial charge on any atom is -0.487 e. The van der Waals surface area contributed by atoms with Crippen LogP contribution in [-0.4, -0.2) is 53.1 Å². The second-order valence-electron chi connectivity index (χ2n) is 6.71. The number of aromatic amines is 1. The molecule has 1 aliphatic rings. The van der Waals surface area contributed by atoms with E-state index in [1.165, 1.54) is 0 Å². The highest BCUT2D eigenvalue weighted by Gasteiger charge is 2.28. The molecule has 0 radical (unpaired) electrons. The molecule has 1 fully saturated rings. The maximum atomic E-state index is 12.4. The molecule has 1 amide bonds. The summed E-state index contributed by atoms with van der Waals surface area (Å²) in [6.45, 7) is 5.53. The summed E-state index contributed by atoms with van der Waals surface area (Å²) in [7, 11) is 2.06. The summed E-state index contributed by atoms with van der Waals surface area (Å²) >= 11 is 0. The molecule has 6 nitrogen and oxygen atoms in total. The summed E-state index contributed by atoms with van der Waals surface area (Å²) in [5, 5.41) is 0. The summed E-state index contributed by atoms with van der Waals surface area (Å²) in [5.74, 6) is 1.75. The number of nitrogens with zero attached hydrogens (tertiary/aromatic N) is 3. The molecule has 1 saturated heterocycles. The van der Waals surface area contributed by atoms with Gasteiger partial charge >= 0.3 is 0 Å². The van der Waals surface area contributed by atoms with Gasteiger partial charge in [0.25, 0.3) is 5.91 Å². The van der Waals surface area contributed by atoms with Crippen LogP contribution in [-0.2, 0) is 0 Å². The molecule has 2 aromatic rings. The predicted molar refractivity (Wildman–Crippen MR) is 98.1 cm³/mol. The van der Waals surface area contributed by atoms with E-state index in [0.29, 0.717) is 11.7 Å². The number of aromatic nitrogens is 2. The molecule has 6 heteroatoms. The Morgan fingerprint density at radius 1 is 1.32 bits per heavy atom. The van der Waals surface area contributed by atoms with E-state index in [1.54, 1.807) is 12.4 Å². The number of likely N-dealkylation sites (tertiary alicyclic amines) is 1. The topological polar surface area (TPSA) is 61.5 Å². The van der Waals surface area contributed by atoms with Crippen LogP contribution in [0.2, 0.25) is 0 Å². The molecular weight excluding hydrogens is 316 g/mol. The molecule has 0 bridgehead atoms. The molecule has 0 spiro atoms. The van der Waals surface area contributed by atoms with Crippen LogP contribution in [0, 0.1) is 0 Å². The summed E-state index contributed by atoms with van der Waals surface area (Å²) < 4.78 is 5.89. The fourth-order valence-electron chi connectivity index (χ4n) is 3.26. The van der Waals surface area contributed by atoms with E-state index in [0.717, 1.165) is 37.5 Å². The fraction of sp³-hybridized carbons (Fsp3) is 0.474. The van der Waals surface area contributed by atoms with Crippen molar-refractivity contribution in [2.75, 3.05) is 25.0 Å². The molecule has 3 heterocycles. The Balaban J connectivity index is 1.64. The van der Waals surface area contributed by atoms with Gasteiger partial charge in [0.15, 0.2) is 11.6 Å². The Hall–Kier alpha value is -2.50. The van der Waals surface area contributed by atoms with Crippen molar-refractivity contribution in [2.24, 2.45) is 0 Å². The molecule has 0 aliphatic carbocycles. The number of anilines is 1. The molecule has 3 rings (SSSR count). The number of piperidine rings is 1. The van der Waals surface area contributed by atoms with Crippen molar-refractivity contribution >= 4 is 11.7 Å². The second kappa shape index (κ2) is 7.59. The molecule has 2 aromatic heterocycles. The van der Waals surface area contributed by atoms with E-state index in [1.807, 2.05) is 43.0 Å². The van der Waals surface area contributed by atoms with Crippen molar-refractivity contribution < 1.29 is 9.53 Å². The number of nitrogens with one attached hydrogen (secondary N) is 1. The van der Waals surface area contributed by atoms with Gasteiger partial charge in [0.05, 0.1) is 6.10 Å². The summed E-state index contributed by atoms with van der Waals surface area (Å²) in [5.41, 5.74) is 0.657. The van der Waals surface area contributed by atoms with Gasteiger partial charge in [0.2, 0.25) is 0 Å². The van der Waals surface area contributed by atoms with E-state index < -0.39 is 0 Å². The Morgan fingerprint density at radius 3 is 2.72 bits per heavy atom. The number of ether oxygens (including phenoxy) is 1. The first-order chi connectivity index (χ1) is 12.1. The largest absolute Gasteiger partial charge is 0.487 e. The fourth-order valence-corrected chi connectivity index (χ4v) is 3.26. The van der Waals surface area contributed by atoms with Crippen LogP contribution in [0.4, 0.5) is 5.82 Å². The van der Waals surface area contributed by atoms with E-state index in [-0.39, 0.29) is 12.0 Å². The Morgan fingerprint density at radius 2 is 2.08 bits per heavy atom. The van der Waals surface area contributed by atoms with Crippen molar-refractivity contribution in [3.63, 3.8) is 0 Å². The van der Waals surface area contributed by atoms with Gasteiger partial charge in [-0.05, 0) is 51.0 Å². The molecule has 0 saturated carbocycles. The first-order valence-electron chi connectivity index (χ1n) is 8.83. The minimum atomic E-state index is 0.0766. The Kier molecular flexibility index (Phi) is 5.26. The number of H-pyrrole nitrogens is 1. The SMILES string of the molecule is CC(C)Oc1cccnc1N(C)C1CCN(C(=O)c2ccc[nH]2)CC1. The summed E-state index contributed by atoms with van der Waals surface area (Å²) in [6.07, 6.45) is 5.52. The zero-order valence-corrected chi connectivity index (χ0v) is 15.1. The van der Waals surface area contributed by atoms with Gasteiger partial charge < -0.3 is 19.5 Å². The monoisotopic (exact) mass is 342 g/mol. The molecule has 0 unspecified atom stereocenters. The Bertz CT molecular complexity index is 691. The average molecular weight is 342 g/mol. The van der Waals surface area contributed by atoms with Crippen molar-refractivity contribution in [3.8, 4) is 5.75 Å². The van der Waals surface area contributed by atoms with Crippen molar-refractivity contribution in [2.45, 2.75) is 38.8 Å². The summed E-state index contributed by atoms with van der Waals surface area (Å²) in [4.78, 5) is 24.0. The van der Waals surface area contributed by atoms with Crippen molar-refractivity contribution in [1.29, 1.82) is 0 Å². The molecule has 0 atom stereocenters. The lowest BCUT2D eigenvalue weighted by molar-refractivity contribution is 0.0707. The molecule has 0 aromatic carbocycles. The van der Waals surface area contributed by atoms with Gasteiger partial charge in [-0.1, -0.05) is 0 Å². The second-order valence-corrected chi connectivity index (χ2v) is 6.71. The lowest BCUT2D eigenvalue weighted by atomic mass is 10.0. The van der Waals surface area contributed by atoms with Gasteiger partial charge in [-0.15, -0.1) is 0 Å². The van der Waals surface area contributed by atoms with E-state index in [9.17, 15) is 4.79 Å². The van der Waals surface area contributed by atoms with Crippen LogP contribution in [0.15, 0.2) is 36.7 Å². The lowest BCUT2D eigenvalue weighted by Crippen LogP contribution is -2.46. The van der Waals surface area contributed by atoms with Gasteiger partial charge in [0.1, 0.15) is 5.69 Å². The quantitative estimate of drug-likeness (QED) is 0.907. The number of hydrogen-bond donors (Lipinski definition) is 1. The van der Waals surface area contributed by atoms with Gasteiger partial charge in [-0.2, -0.15) is 0 Å². The number of carbonyl (C=O) groups is 1. The smallest absolute Gasteiger partial charge is 0.270 e. The standard InChI is InChI=1S/C19H26N4O2/c1-14(2)25-17-7-5-11-21-18(17)22(3)15-8-12-23(13-9-15)19(24)16-6-4-10-20-16/h4-7,10-11,14-15,20H,8-9,12-13H2,1-3H3. The maximum Gasteiger partial charge on any atom is 0.270 e. The van der Waals surface area contributed by atoms with Crippen LogP contribution < -0.4 is 9.64 Å². The third-order valence-electron chi connectivity index (χ3n) is 4.58. The number of hydrogen-bond acceptors (Lipinski definition) is 4. The molecule has 134 valence electrons. The first kappa shape index (κ1) is 17.3. The number of carbonyl (C=O) groups excluding carboxylic acids is 1. The predicted octanol–water partition coefficient (Wildman–Crippen LogP) is 2.94. The van der Waals surface area contributed by atoms with Crippen LogP contribution in [0.1, 0.15) is 37.2 Å². The average Bonchev–Trinajstić information content (AvgIpc) is 3.15. The van der Waals surface area contributed by atoms with Gasteiger partial charge in [0, 0.05) is 38.6 Å². The van der Waals surface area contributed by atoms with Gasteiger partial charge in [-0.25, -0.2) is 4.98 Å². The molecule has 1 N–H and O–H groups in total. The highest BCUT2D eigenvalue weighted by molar-refractivity contribution is 5.92. The van der Waals surface area contributed by atoms with Gasteiger partial charge in [-0.3, -0.25) is 4.79 Å². The highest BCUT2D eigenvalue weighted by atomic mass is 16.5. The van der Waals surface area contributed by atoms with E-state index in [4.69, 9.17) is 4.74 Å². The molecule has 1 aliphatic heterocycles. The third-order valence-corrected chi connectivity index (χ3v) is 4.58. The van der Waals surface area contributed by atoms with E-state index in [2.05, 4.69) is 21.9 Å². The summed E-state index contributed by atoms with van der Waals surface area (Å²) in [6, 6.07) is 7.88. The first-order valence-corrected chi connectivity index (χ1v) is 8.83. The van der Waals surface area contributed by atoms with Crippen molar-refractivity contribution in [1.82, 2.24) is 14.9 Å². The third kappa shape index (κ3) is 3.95. The number of pyridine rings is 1. The molecular formula is C19H26N4O2. The van der Waals surface area contributed by atoms with Crippen LogP contribution in [0.3, 0.4) is 0 Å². The normalized spacial score (nSPS) is 15.4. The lowest BCUT2D eigenvalue weighted by Gasteiger charge is -2.37. The van der Waals surface area contributed by atoms with Crippen LogP contribution >= 0.6 is 0 Å². The maximum absolute atomic E-state index is 12.4. The highest BCUT2D eigenvalue weighted by Crippen LogP contribution is 2.29. The van der Waals surface area contributed by atoms with E-state index >= 15 is 0 Å². The Labute approximate surface area is 148 Å². The van der Waals surface area contributed by atoms with Crippen LogP contribution in [0.25, 0.3) is 0 Å². The zero-order chi connectivity index (χ0) is 17.8. The molecule has 25 heavy (non-hydrogen) atoms. The minimum absolute atomic E-state index is 0.0766. The van der Waals surface area contributed by atoms with Crippen molar-refractivity contribution in [3.05, 3.63) is 42.4 Å².